The SMILES string of the molecule is CCc1cc(C(N)C(C)C)c2c(c1)C(C)(C)C(=O)N2. The number of nitrogens with two attached hydrogens (primary N) is 1. The number of hydrogen-bond acceptors (Lipinski definition) is 2. The Labute approximate surface area is 115 Å². The van der Waals surface area contributed by atoms with E-state index >= 15 is 0 Å². The molecule has 2 rings (SSSR count). The molecule has 0 radical (unpaired) electrons. The Morgan fingerprint density at radius 3 is 2.47 bits per heavy atom. The number of rotatable bonds is 3. The van der Waals surface area contributed by atoms with Crippen molar-refractivity contribution in [1.82, 2.24) is 0 Å². The van der Waals surface area contributed by atoms with Crippen LogP contribution >= 0.6 is 0 Å². The maximum Gasteiger partial charge on any atom is 0.234 e. The fourth-order valence-electron chi connectivity index (χ4n) is 2.58. The minimum absolute atomic E-state index is 0.0468. The molecule has 1 heterocycles. The summed E-state index contributed by atoms with van der Waals surface area (Å²) in [5, 5.41) is 3.02. The molecular formula is C16H24N2O. The highest BCUT2D eigenvalue weighted by atomic mass is 16.2. The van der Waals surface area contributed by atoms with Gasteiger partial charge < -0.3 is 11.1 Å². The van der Waals surface area contributed by atoms with Gasteiger partial charge in [-0.2, -0.15) is 0 Å². The van der Waals surface area contributed by atoms with Gasteiger partial charge >= 0.3 is 0 Å². The Bertz CT molecular complexity index is 518. The van der Waals surface area contributed by atoms with Crippen molar-refractivity contribution in [1.29, 1.82) is 0 Å². The van der Waals surface area contributed by atoms with E-state index in [1.165, 1.54) is 5.56 Å². The van der Waals surface area contributed by atoms with Gasteiger partial charge in [0.1, 0.15) is 0 Å². The maximum atomic E-state index is 12.1. The number of carbonyl (C=O) groups excluding carboxylic acids is 1. The molecule has 0 saturated heterocycles. The van der Waals surface area contributed by atoms with E-state index in [0.717, 1.165) is 23.2 Å². The molecule has 1 atom stereocenters. The molecule has 0 aromatic heterocycles. The highest BCUT2D eigenvalue weighted by Crippen LogP contribution is 2.42. The number of carbonyl (C=O) groups is 1. The van der Waals surface area contributed by atoms with Crippen LogP contribution in [0, 0.1) is 5.92 Å². The molecule has 1 aliphatic heterocycles. The molecule has 3 nitrogen and oxygen atoms in total. The summed E-state index contributed by atoms with van der Waals surface area (Å²) < 4.78 is 0. The Balaban J connectivity index is 2.64. The summed E-state index contributed by atoms with van der Waals surface area (Å²) in [5.41, 5.74) is 10.2. The van der Waals surface area contributed by atoms with Gasteiger partial charge in [-0.3, -0.25) is 4.79 Å². The quantitative estimate of drug-likeness (QED) is 0.877. The molecule has 1 aliphatic rings. The average Bonchev–Trinajstić information content (AvgIpc) is 2.58. The predicted molar refractivity (Wildman–Crippen MR) is 79.2 cm³/mol. The molecular weight excluding hydrogens is 236 g/mol. The molecule has 3 heteroatoms. The molecule has 3 N–H and O–H groups in total. The summed E-state index contributed by atoms with van der Waals surface area (Å²) in [6.45, 7) is 10.3. The molecule has 104 valence electrons. The van der Waals surface area contributed by atoms with Gasteiger partial charge in [-0.05, 0) is 42.9 Å². The van der Waals surface area contributed by atoms with E-state index in [0.29, 0.717) is 5.92 Å². The Morgan fingerprint density at radius 2 is 1.95 bits per heavy atom. The van der Waals surface area contributed by atoms with Crippen LogP contribution in [0.5, 0.6) is 0 Å². The van der Waals surface area contributed by atoms with Gasteiger partial charge in [0.25, 0.3) is 0 Å². The first-order valence-electron chi connectivity index (χ1n) is 7.03. The number of benzene rings is 1. The number of hydrogen-bond donors (Lipinski definition) is 2. The van der Waals surface area contributed by atoms with Crippen LogP contribution in [0.15, 0.2) is 12.1 Å². The number of nitrogens with one attached hydrogen (secondary N) is 1. The van der Waals surface area contributed by atoms with E-state index in [2.05, 4.69) is 38.2 Å². The second kappa shape index (κ2) is 4.64. The lowest BCUT2D eigenvalue weighted by Crippen LogP contribution is -2.26. The van der Waals surface area contributed by atoms with Gasteiger partial charge in [0, 0.05) is 11.7 Å². The third kappa shape index (κ3) is 2.16. The monoisotopic (exact) mass is 260 g/mol. The van der Waals surface area contributed by atoms with Gasteiger partial charge in [-0.1, -0.05) is 32.9 Å². The summed E-state index contributed by atoms with van der Waals surface area (Å²) >= 11 is 0. The Hall–Kier alpha value is -1.35. The second-order valence-electron chi connectivity index (χ2n) is 6.31. The van der Waals surface area contributed by atoms with Crippen molar-refractivity contribution in [2.75, 3.05) is 5.32 Å². The first-order valence-corrected chi connectivity index (χ1v) is 7.03. The van der Waals surface area contributed by atoms with E-state index < -0.39 is 5.41 Å². The van der Waals surface area contributed by atoms with E-state index in [4.69, 9.17) is 5.73 Å². The van der Waals surface area contributed by atoms with Crippen molar-refractivity contribution in [2.45, 2.75) is 52.5 Å². The number of amides is 1. The zero-order valence-electron chi connectivity index (χ0n) is 12.5. The summed E-state index contributed by atoms with van der Waals surface area (Å²) in [5.74, 6) is 0.407. The summed E-state index contributed by atoms with van der Waals surface area (Å²) in [6.07, 6.45) is 0.954. The van der Waals surface area contributed by atoms with E-state index in [1.54, 1.807) is 0 Å². The lowest BCUT2D eigenvalue weighted by Gasteiger charge is -2.22. The van der Waals surface area contributed by atoms with Gasteiger partial charge in [0.2, 0.25) is 5.91 Å². The summed E-state index contributed by atoms with van der Waals surface area (Å²) in [6, 6.07) is 4.24. The first-order chi connectivity index (χ1) is 8.78. The largest absolute Gasteiger partial charge is 0.325 e. The number of fused-ring (bicyclic) bond motifs is 1. The standard InChI is InChI=1S/C16H24N2O/c1-6-10-7-11(13(17)9(2)3)14-12(8-10)16(4,5)15(19)18-14/h7-9,13H,6,17H2,1-5H3,(H,18,19). The predicted octanol–water partition coefficient (Wildman–Crippen LogP) is 3.13. The minimum Gasteiger partial charge on any atom is -0.325 e. The van der Waals surface area contributed by atoms with Crippen LogP contribution in [0.1, 0.15) is 57.4 Å². The van der Waals surface area contributed by atoms with Crippen molar-refractivity contribution < 1.29 is 4.79 Å². The van der Waals surface area contributed by atoms with E-state index in [1.807, 2.05) is 13.8 Å². The maximum absolute atomic E-state index is 12.1. The fraction of sp³-hybridized carbons (Fsp3) is 0.562. The third-order valence-corrected chi connectivity index (χ3v) is 4.19. The molecule has 0 saturated carbocycles. The first kappa shape index (κ1) is 14.1. The third-order valence-electron chi connectivity index (χ3n) is 4.19. The topological polar surface area (TPSA) is 55.1 Å². The van der Waals surface area contributed by atoms with Crippen molar-refractivity contribution >= 4 is 11.6 Å². The molecule has 0 fully saturated rings. The average molecular weight is 260 g/mol. The van der Waals surface area contributed by atoms with Crippen LogP contribution in [0.25, 0.3) is 0 Å². The normalized spacial score (nSPS) is 18.4. The molecule has 1 amide bonds. The Morgan fingerprint density at radius 1 is 1.32 bits per heavy atom. The Kier molecular flexibility index (Phi) is 3.43. The lowest BCUT2D eigenvalue weighted by molar-refractivity contribution is -0.119. The molecule has 0 aliphatic carbocycles. The van der Waals surface area contributed by atoms with E-state index in [9.17, 15) is 4.79 Å². The van der Waals surface area contributed by atoms with Gasteiger partial charge in [0.05, 0.1) is 5.41 Å². The fourth-order valence-corrected chi connectivity index (χ4v) is 2.58. The highest BCUT2D eigenvalue weighted by Gasteiger charge is 2.40. The van der Waals surface area contributed by atoms with Gasteiger partial charge in [0.15, 0.2) is 0 Å². The summed E-state index contributed by atoms with van der Waals surface area (Å²) in [7, 11) is 0. The number of anilines is 1. The molecule has 1 aromatic carbocycles. The van der Waals surface area contributed by atoms with Crippen LogP contribution in [0.3, 0.4) is 0 Å². The molecule has 0 bridgehead atoms. The molecule has 1 aromatic rings. The van der Waals surface area contributed by atoms with Crippen LogP contribution in [0.4, 0.5) is 5.69 Å². The zero-order valence-corrected chi connectivity index (χ0v) is 12.5. The smallest absolute Gasteiger partial charge is 0.234 e. The molecule has 0 spiro atoms. The molecule has 19 heavy (non-hydrogen) atoms. The van der Waals surface area contributed by atoms with Crippen LogP contribution in [-0.4, -0.2) is 5.91 Å². The van der Waals surface area contributed by atoms with Crippen LogP contribution < -0.4 is 11.1 Å². The van der Waals surface area contributed by atoms with Crippen LogP contribution in [0.2, 0.25) is 0 Å². The summed E-state index contributed by atoms with van der Waals surface area (Å²) in [4.78, 5) is 12.1. The second-order valence-corrected chi connectivity index (χ2v) is 6.31. The van der Waals surface area contributed by atoms with Crippen molar-refractivity contribution in [3.63, 3.8) is 0 Å². The van der Waals surface area contributed by atoms with Crippen molar-refractivity contribution in [3.05, 3.63) is 28.8 Å². The van der Waals surface area contributed by atoms with E-state index in [-0.39, 0.29) is 11.9 Å². The highest BCUT2D eigenvalue weighted by molar-refractivity contribution is 6.06. The van der Waals surface area contributed by atoms with Gasteiger partial charge in [-0.15, -0.1) is 0 Å². The van der Waals surface area contributed by atoms with Crippen LogP contribution in [-0.2, 0) is 16.6 Å². The molecule has 1 unspecified atom stereocenters. The zero-order chi connectivity index (χ0) is 14.4. The van der Waals surface area contributed by atoms with Crippen molar-refractivity contribution in [3.8, 4) is 0 Å². The lowest BCUT2D eigenvalue weighted by atomic mass is 9.82. The number of aryl methyl sites for hydroxylation is 1. The van der Waals surface area contributed by atoms with Gasteiger partial charge in [-0.25, -0.2) is 0 Å². The van der Waals surface area contributed by atoms with Crippen molar-refractivity contribution in [2.24, 2.45) is 11.7 Å². The minimum atomic E-state index is -0.466.